The standard InChI is InChI=1S/C14H11N3O2S2/c18-12(8-17-6-2-1-5-13(17)19)16-14-15-10(9-21-14)11-4-3-7-20-11/h1-7,9H,8H2,(H,15,16,18). The Kier molecular flexibility index (Phi) is 3.94. The molecule has 0 aromatic carbocycles. The summed E-state index contributed by atoms with van der Waals surface area (Å²) in [6.45, 7) is -0.0202. The van der Waals surface area contributed by atoms with E-state index in [0.29, 0.717) is 5.13 Å². The minimum atomic E-state index is -0.268. The Labute approximate surface area is 128 Å². The van der Waals surface area contributed by atoms with E-state index in [1.54, 1.807) is 29.7 Å². The van der Waals surface area contributed by atoms with Gasteiger partial charge in [0.05, 0.1) is 10.6 Å². The molecule has 7 heteroatoms. The van der Waals surface area contributed by atoms with Gasteiger partial charge in [-0.2, -0.15) is 0 Å². The normalized spacial score (nSPS) is 10.5. The molecule has 1 amide bonds. The van der Waals surface area contributed by atoms with Crippen LogP contribution < -0.4 is 10.9 Å². The van der Waals surface area contributed by atoms with Crippen molar-refractivity contribution in [2.24, 2.45) is 0 Å². The van der Waals surface area contributed by atoms with Crippen molar-refractivity contribution >= 4 is 33.7 Å². The van der Waals surface area contributed by atoms with Crippen molar-refractivity contribution in [3.05, 3.63) is 57.6 Å². The summed E-state index contributed by atoms with van der Waals surface area (Å²) >= 11 is 2.97. The van der Waals surface area contributed by atoms with E-state index in [-0.39, 0.29) is 18.0 Å². The molecule has 5 nitrogen and oxygen atoms in total. The molecule has 3 aromatic rings. The Morgan fingerprint density at radius 2 is 2.14 bits per heavy atom. The largest absolute Gasteiger partial charge is 0.306 e. The molecule has 0 fully saturated rings. The molecular formula is C14H11N3O2S2. The van der Waals surface area contributed by atoms with Crippen LogP contribution in [0.2, 0.25) is 0 Å². The van der Waals surface area contributed by atoms with Crippen LogP contribution in [0.15, 0.2) is 52.1 Å². The van der Waals surface area contributed by atoms with Crippen molar-refractivity contribution in [2.45, 2.75) is 6.54 Å². The van der Waals surface area contributed by atoms with Crippen molar-refractivity contribution in [3.8, 4) is 10.6 Å². The molecule has 21 heavy (non-hydrogen) atoms. The van der Waals surface area contributed by atoms with E-state index >= 15 is 0 Å². The Morgan fingerprint density at radius 3 is 2.90 bits per heavy atom. The second kappa shape index (κ2) is 6.02. The van der Waals surface area contributed by atoms with Crippen LogP contribution in [0.5, 0.6) is 0 Å². The number of carbonyl (C=O) groups is 1. The number of thiophene rings is 1. The Balaban J connectivity index is 1.68. The van der Waals surface area contributed by atoms with Crippen LogP contribution in [-0.4, -0.2) is 15.5 Å². The van der Waals surface area contributed by atoms with Gasteiger partial charge < -0.3 is 9.88 Å². The van der Waals surface area contributed by atoms with Gasteiger partial charge in [0.25, 0.3) is 5.56 Å². The third-order valence-corrected chi connectivity index (χ3v) is 4.39. The van der Waals surface area contributed by atoms with Gasteiger partial charge in [0, 0.05) is 17.6 Å². The average Bonchev–Trinajstić information content (AvgIpc) is 3.12. The maximum atomic E-state index is 11.9. The minimum absolute atomic E-state index is 0.0202. The summed E-state index contributed by atoms with van der Waals surface area (Å²) in [7, 11) is 0. The minimum Gasteiger partial charge on any atom is -0.306 e. The highest BCUT2D eigenvalue weighted by molar-refractivity contribution is 7.16. The molecule has 0 aliphatic carbocycles. The monoisotopic (exact) mass is 317 g/mol. The molecular weight excluding hydrogens is 306 g/mol. The summed E-state index contributed by atoms with van der Waals surface area (Å²) in [6, 6.07) is 8.72. The van der Waals surface area contributed by atoms with Crippen LogP contribution >= 0.6 is 22.7 Å². The predicted molar refractivity (Wildman–Crippen MR) is 84.8 cm³/mol. The Hall–Kier alpha value is -2.25. The molecule has 0 aliphatic rings. The van der Waals surface area contributed by atoms with Gasteiger partial charge in [0.2, 0.25) is 5.91 Å². The molecule has 0 atom stereocenters. The average molecular weight is 317 g/mol. The first kappa shape index (κ1) is 13.7. The second-order valence-electron chi connectivity index (χ2n) is 4.23. The fraction of sp³-hybridized carbons (Fsp3) is 0.0714. The van der Waals surface area contributed by atoms with E-state index in [2.05, 4.69) is 10.3 Å². The molecule has 0 saturated heterocycles. The van der Waals surface area contributed by atoms with Gasteiger partial charge in [-0.25, -0.2) is 4.98 Å². The van der Waals surface area contributed by atoms with Gasteiger partial charge >= 0.3 is 0 Å². The number of hydrogen-bond acceptors (Lipinski definition) is 5. The van der Waals surface area contributed by atoms with Gasteiger partial charge in [-0.05, 0) is 17.5 Å². The SMILES string of the molecule is O=C(Cn1ccccc1=O)Nc1nc(-c2cccs2)cs1. The van der Waals surface area contributed by atoms with Crippen LogP contribution in [0.4, 0.5) is 5.13 Å². The van der Waals surface area contributed by atoms with E-state index in [0.717, 1.165) is 10.6 Å². The number of hydrogen-bond donors (Lipinski definition) is 1. The Bertz CT molecular complexity index is 806. The van der Waals surface area contributed by atoms with Crippen LogP contribution in [0, 0.1) is 0 Å². The number of rotatable bonds is 4. The van der Waals surface area contributed by atoms with Crippen molar-refractivity contribution in [1.82, 2.24) is 9.55 Å². The number of thiazole rings is 1. The van der Waals surface area contributed by atoms with Crippen molar-refractivity contribution in [1.29, 1.82) is 0 Å². The van der Waals surface area contributed by atoms with Crippen molar-refractivity contribution < 1.29 is 4.79 Å². The second-order valence-corrected chi connectivity index (χ2v) is 6.04. The van der Waals surface area contributed by atoms with Crippen LogP contribution in [-0.2, 0) is 11.3 Å². The highest BCUT2D eigenvalue weighted by atomic mass is 32.1. The fourth-order valence-corrected chi connectivity index (χ4v) is 3.26. The zero-order valence-corrected chi connectivity index (χ0v) is 12.5. The lowest BCUT2D eigenvalue weighted by Crippen LogP contribution is -2.26. The Morgan fingerprint density at radius 1 is 1.24 bits per heavy atom. The molecule has 3 heterocycles. The zero-order chi connectivity index (χ0) is 14.7. The zero-order valence-electron chi connectivity index (χ0n) is 10.9. The first-order valence-electron chi connectivity index (χ1n) is 6.17. The molecule has 1 N–H and O–H groups in total. The van der Waals surface area contributed by atoms with Crippen LogP contribution in [0.25, 0.3) is 10.6 Å². The smallest absolute Gasteiger partial charge is 0.250 e. The number of aromatic nitrogens is 2. The summed E-state index contributed by atoms with van der Waals surface area (Å²) in [5, 5.41) is 7.13. The van der Waals surface area contributed by atoms with Gasteiger partial charge in [-0.15, -0.1) is 22.7 Å². The summed E-state index contributed by atoms with van der Waals surface area (Å²) in [5.74, 6) is -0.268. The maximum Gasteiger partial charge on any atom is 0.250 e. The lowest BCUT2D eigenvalue weighted by Gasteiger charge is -2.04. The number of nitrogens with zero attached hydrogens (tertiary/aromatic N) is 2. The summed E-state index contributed by atoms with van der Waals surface area (Å²) in [4.78, 5) is 28.9. The number of nitrogens with one attached hydrogen (secondary N) is 1. The molecule has 0 radical (unpaired) electrons. The van der Waals surface area contributed by atoms with Gasteiger partial charge in [-0.1, -0.05) is 12.1 Å². The highest BCUT2D eigenvalue weighted by Crippen LogP contribution is 2.28. The van der Waals surface area contributed by atoms with E-state index in [1.165, 1.54) is 22.0 Å². The molecule has 0 unspecified atom stereocenters. The summed E-state index contributed by atoms with van der Waals surface area (Å²) in [5.41, 5.74) is 0.647. The molecule has 0 bridgehead atoms. The molecule has 0 saturated carbocycles. The van der Waals surface area contributed by atoms with Gasteiger partial charge in [0.1, 0.15) is 6.54 Å². The molecule has 0 aliphatic heterocycles. The lowest BCUT2D eigenvalue weighted by atomic mass is 10.4. The summed E-state index contributed by atoms with van der Waals surface area (Å²) in [6.07, 6.45) is 1.58. The summed E-state index contributed by atoms with van der Waals surface area (Å²) < 4.78 is 1.35. The number of pyridine rings is 1. The first-order valence-corrected chi connectivity index (χ1v) is 7.93. The number of anilines is 1. The molecule has 106 valence electrons. The molecule has 3 aromatic heterocycles. The maximum absolute atomic E-state index is 11.9. The molecule has 0 spiro atoms. The quantitative estimate of drug-likeness (QED) is 0.804. The lowest BCUT2D eigenvalue weighted by molar-refractivity contribution is -0.116. The third kappa shape index (κ3) is 3.26. The third-order valence-electron chi connectivity index (χ3n) is 2.74. The topological polar surface area (TPSA) is 64.0 Å². The number of amides is 1. The van der Waals surface area contributed by atoms with E-state index < -0.39 is 0 Å². The van der Waals surface area contributed by atoms with Crippen molar-refractivity contribution in [3.63, 3.8) is 0 Å². The fourth-order valence-electron chi connectivity index (χ4n) is 1.77. The van der Waals surface area contributed by atoms with E-state index in [4.69, 9.17) is 0 Å². The highest BCUT2D eigenvalue weighted by Gasteiger charge is 2.09. The predicted octanol–water partition coefficient (Wildman–Crippen LogP) is 2.67. The van der Waals surface area contributed by atoms with E-state index in [1.807, 2.05) is 22.9 Å². The van der Waals surface area contributed by atoms with Crippen LogP contribution in [0.3, 0.4) is 0 Å². The first-order chi connectivity index (χ1) is 10.2. The van der Waals surface area contributed by atoms with Gasteiger partial charge in [-0.3, -0.25) is 9.59 Å². The number of carbonyl (C=O) groups excluding carboxylic acids is 1. The van der Waals surface area contributed by atoms with Crippen LogP contribution in [0.1, 0.15) is 0 Å². The van der Waals surface area contributed by atoms with E-state index in [9.17, 15) is 9.59 Å². The van der Waals surface area contributed by atoms with Crippen molar-refractivity contribution in [2.75, 3.05) is 5.32 Å². The molecule has 3 rings (SSSR count). The van der Waals surface area contributed by atoms with Gasteiger partial charge in [0.15, 0.2) is 5.13 Å².